The highest BCUT2D eigenvalue weighted by molar-refractivity contribution is 7.14. The van der Waals surface area contributed by atoms with Crippen LogP contribution in [-0.4, -0.2) is 58.8 Å². The van der Waals surface area contributed by atoms with Gasteiger partial charge in [-0.15, -0.1) is 22.9 Å². The number of benzene rings is 2. The minimum absolute atomic E-state index is 0.186. The largest absolute Gasteiger partial charge is 0.379 e. The first-order chi connectivity index (χ1) is 16.5. The van der Waals surface area contributed by atoms with E-state index in [0.29, 0.717) is 13.2 Å². The fourth-order valence-electron chi connectivity index (χ4n) is 6.10. The monoisotopic (exact) mass is 475 g/mol. The summed E-state index contributed by atoms with van der Waals surface area (Å²) in [6.45, 7) is 4.97. The molecule has 0 aliphatic carbocycles. The van der Waals surface area contributed by atoms with Crippen molar-refractivity contribution in [3.8, 4) is 11.1 Å². The third-order valence-electron chi connectivity index (χ3n) is 7.46. The summed E-state index contributed by atoms with van der Waals surface area (Å²) in [5, 5.41) is 4.41. The number of ether oxygens (including phenoxy) is 5. The second-order valence-electron chi connectivity index (χ2n) is 9.84. The first-order valence-corrected chi connectivity index (χ1v) is 14.3. The normalized spacial score (nSPS) is 30.8. The second kappa shape index (κ2) is 8.48. The molecule has 0 spiro atoms. The Morgan fingerprint density at radius 3 is 2.53 bits per heavy atom. The topological polar surface area (TPSA) is 46.2 Å². The quantitative estimate of drug-likeness (QED) is 0.299. The van der Waals surface area contributed by atoms with Crippen LogP contribution in [0.15, 0.2) is 72.8 Å². The van der Waals surface area contributed by atoms with Gasteiger partial charge < -0.3 is 23.7 Å². The SMILES string of the molecule is CO[C@@H]1O[C@H](COCC[Si@@]2(c3ccccc3)c3ccccc3-[c-]3cccc32)[C@H]2OC(C)(C)O[C@@H]12. The predicted octanol–water partition coefficient (Wildman–Crippen LogP) is 2.76. The first kappa shape index (κ1) is 22.3. The Hall–Kier alpha value is -2.19. The van der Waals surface area contributed by atoms with Crippen LogP contribution in [0.2, 0.25) is 6.04 Å². The minimum atomic E-state index is -2.19. The Kier molecular flexibility index (Phi) is 5.56. The number of fused-ring (bicyclic) bond motifs is 4. The Morgan fingerprint density at radius 2 is 1.71 bits per heavy atom. The van der Waals surface area contributed by atoms with Crippen molar-refractivity contribution in [2.45, 2.75) is 50.3 Å². The fraction of sp³-hybridized carbons (Fsp3) is 0.393. The molecular formula is C28H31O5Si-. The van der Waals surface area contributed by atoms with Crippen LogP contribution in [0.5, 0.6) is 0 Å². The molecule has 3 aliphatic rings. The number of rotatable bonds is 7. The van der Waals surface area contributed by atoms with Crippen LogP contribution >= 0.6 is 0 Å². The Balaban J connectivity index is 1.24. The molecule has 0 bridgehead atoms. The molecule has 3 aromatic carbocycles. The minimum Gasteiger partial charge on any atom is -0.379 e. The molecule has 0 aromatic heterocycles. The molecule has 3 aliphatic heterocycles. The van der Waals surface area contributed by atoms with Gasteiger partial charge in [0.05, 0.1) is 14.7 Å². The molecule has 3 aromatic rings. The van der Waals surface area contributed by atoms with E-state index in [9.17, 15) is 0 Å². The first-order valence-electron chi connectivity index (χ1n) is 12.1. The molecular weight excluding hydrogens is 444 g/mol. The molecule has 0 radical (unpaired) electrons. The Labute approximate surface area is 201 Å². The van der Waals surface area contributed by atoms with Gasteiger partial charge in [-0.05, 0) is 19.9 Å². The average molecular weight is 476 g/mol. The van der Waals surface area contributed by atoms with Gasteiger partial charge in [0, 0.05) is 13.7 Å². The van der Waals surface area contributed by atoms with Crippen molar-refractivity contribution < 1.29 is 23.7 Å². The smallest absolute Gasteiger partial charge is 0.186 e. The zero-order valence-corrected chi connectivity index (χ0v) is 20.9. The molecule has 0 saturated carbocycles. The van der Waals surface area contributed by atoms with E-state index in [1.807, 2.05) is 13.8 Å². The maximum Gasteiger partial charge on any atom is 0.186 e. The third kappa shape index (κ3) is 3.44. The molecule has 6 rings (SSSR count). The molecule has 2 fully saturated rings. The lowest BCUT2D eigenvalue weighted by atomic mass is 10.1. The van der Waals surface area contributed by atoms with Crippen molar-refractivity contribution in [1.29, 1.82) is 0 Å². The van der Waals surface area contributed by atoms with Gasteiger partial charge >= 0.3 is 0 Å². The van der Waals surface area contributed by atoms with Crippen LogP contribution in [0.25, 0.3) is 11.1 Å². The maximum atomic E-state index is 6.32. The van der Waals surface area contributed by atoms with Crippen LogP contribution in [0.4, 0.5) is 0 Å². The van der Waals surface area contributed by atoms with Crippen LogP contribution in [0.3, 0.4) is 0 Å². The summed E-state index contributed by atoms with van der Waals surface area (Å²) in [5.41, 5.74) is 2.76. The fourth-order valence-corrected chi connectivity index (χ4v) is 11.2. The van der Waals surface area contributed by atoms with E-state index in [2.05, 4.69) is 72.8 Å². The summed E-state index contributed by atoms with van der Waals surface area (Å²) in [7, 11) is -0.548. The summed E-state index contributed by atoms with van der Waals surface area (Å²) in [4.78, 5) is 0. The van der Waals surface area contributed by atoms with E-state index in [1.165, 1.54) is 26.7 Å². The van der Waals surface area contributed by atoms with E-state index >= 15 is 0 Å². The third-order valence-corrected chi connectivity index (χ3v) is 12.4. The molecule has 3 heterocycles. The molecule has 5 atom stereocenters. The lowest BCUT2D eigenvalue weighted by Crippen LogP contribution is -2.65. The van der Waals surface area contributed by atoms with Crippen LogP contribution < -0.4 is 15.6 Å². The zero-order chi connectivity index (χ0) is 23.3. The van der Waals surface area contributed by atoms with Crippen LogP contribution in [0, 0.1) is 0 Å². The molecule has 0 N–H and O–H groups in total. The summed E-state index contributed by atoms with van der Waals surface area (Å²) in [6, 6.07) is 27.7. The second-order valence-corrected chi connectivity index (χ2v) is 13.8. The summed E-state index contributed by atoms with van der Waals surface area (Å²) < 4.78 is 30.0. The standard InChI is InChI=1S/C28H31O5Si/c1-28(2)32-25-22(31-27(29-3)26(25)33-28)18-30-16-17-34(19-10-5-4-6-11-19)23-14-8-7-12-20(23)21-13-9-15-24(21)34/h4-15,22,25-27H,16-18H2,1-3H3/q-1/t22-,25-,26-,27-,34-/m1/s1. The number of hydrogen-bond acceptors (Lipinski definition) is 5. The molecule has 178 valence electrons. The maximum absolute atomic E-state index is 6.32. The number of hydrogen-bond donors (Lipinski definition) is 0. The summed E-state index contributed by atoms with van der Waals surface area (Å²) in [5.74, 6) is -0.639. The predicted molar refractivity (Wildman–Crippen MR) is 134 cm³/mol. The van der Waals surface area contributed by atoms with Crippen LogP contribution in [-0.2, 0) is 23.7 Å². The van der Waals surface area contributed by atoms with Crippen LogP contribution in [0.1, 0.15) is 13.8 Å². The van der Waals surface area contributed by atoms with Crippen molar-refractivity contribution in [3.63, 3.8) is 0 Å². The molecule has 0 unspecified atom stereocenters. The molecule has 5 nitrogen and oxygen atoms in total. The zero-order valence-electron chi connectivity index (χ0n) is 19.9. The molecule has 2 saturated heterocycles. The van der Waals surface area contributed by atoms with Gasteiger partial charge in [0.2, 0.25) is 0 Å². The van der Waals surface area contributed by atoms with E-state index in [0.717, 1.165) is 6.04 Å². The van der Waals surface area contributed by atoms with Crippen molar-refractivity contribution in [3.05, 3.63) is 72.8 Å². The van der Waals surface area contributed by atoms with E-state index in [1.54, 1.807) is 7.11 Å². The molecule has 6 heteroatoms. The van der Waals surface area contributed by atoms with Gasteiger partial charge in [-0.3, -0.25) is 0 Å². The van der Waals surface area contributed by atoms with Crippen molar-refractivity contribution in [2.24, 2.45) is 0 Å². The van der Waals surface area contributed by atoms with Gasteiger partial charge in [-0.1, -0.05) is 64.5 Å². The lowest BCUT2D eigenvalue weighted by molar-refractivity contribution is -0.231. The van der Waals surface area contributed by atoms with Gasteiger partial charge in [0.1, 0.15) is 18.3 Å². The van der Waals surface area contributed by atoms with E-state index < -0.39 is 20.2 Å². The highest BCUT2D eigenvalue weighted by Crippen LogP contribution is 2.39. The highest BCUT2D eigenvalue weighted by Gasteiger charge is 2.55. The van der Waals surface area contributed by atoms with Gasteiger partial charge in [0.25, 0.3) is 0 Å². The van der Waals surface area contributed by atoms with E-state index in [-0.39, 0.29) is 18.3 Å². The Bertz CT molecular complexity index is 1160. The molecule has 34 heavy (non-hydrogen) atoms. The summed E-state index contributed by atoms with van der Waals surface area (Å²) >= 11 is 0. The van der Waals surface area contributed by atoms with Crippen molar-refractivity contribution in [1.82, 2.24) is 0 Å². The summed E-state index contributed by atoms with van der Waals surface area (Å²) in [6.07, 6.45) is -1.06. The van der Waals surface area contributed by atoms with E-state index in [4.69, 9.17) is 23.7 Å². The Morgan fingerprint density at radius 1 is 0.941 bits per heavy atom. The highest BCUT2D eigenvalue weighted by atomic mass is 28.3. The van der Waals surface area contributed by atoms with Crippen molar-refractivity contribution >= 4 is 23.6 Å². The number of methoxy groups -OCH3 is 1. The van der Waals surface area contributed by atoms with Gasteiger partial charge in [-0.25, -0.2) is 0 Å². The molecule has 0 amide bonds. The van der Waals surface area contributed by atoms with Crippen molar-refractivity contribution in [2.75, 3.05) is 20.3 Å². The van der Waals surface area contributed by atoms with Gasteiger partial charge in [-0.2, -0.15) is 12.1 Å². The lowest BCUT2D eigenvalue weighted by Gasteiger charge is -2.34. The average Bonchev–Trinajstić information content (AvgIpc) is 3.58. The van der Waals surface area contributed by atoms with Gasteiger partial charge in [0.15, 0.2) is 12.1 Å².